The molecule has 0 aliphatic heterocycles. The fourth-order valence-corrected chi connectivity index (χ4v) is 5.02. The van der Waals surface area contributed by atoms with Crippen molar-refractivity contribution in [1.82, 2.24) is 31.9 Å². The van der Waals surface area contributed by atoms with Crippen molar-refractivity contribution >= 4 is 35.5 Å². The second-order valence-corrected chi connectivity index (χ2v) is 12.4. The van der Waals surface area contributed by atoms with Crippen molar-refractivity contribution in [2.45, 2.75) is 149 Å². The van der Waals surface area contributed by atoms with Gasteiger partial charge >= 0.3 is 5.97 Å². The Labute approximate surface area is 281 Å². The van der Waals surface area contributed by atoms with Gasteiger partial charge in [-0.15, -0.1) is 0 Å². The van der Waals surface area contributed by atoms with Crippen LogP contribution in [0.3, 0.4) is 0 Å². The van der Waals surface area contributed by atoms with Gasteiger partial charge in [-0.2, -0.15) is 0 Å². The number of amides is 5. The van der Waals surface area contributed by atoms with Crippen molar-refractivity contribution < 1.29 is 33.9 Å². The molecule has 0 spiro atoms. The lowest BCUT2D eigenvalue weighted by Gasteiger charge is -2.28. The lowest BCUT2D eigenvalue weighted by molar-refractivity contribution is -0.137. The molecule has 7 N–H and O–H groups in total. The number of carboxylic acids is 1. The summed E-state index contributed by atoms with van der Waals surface area (Å²) in [5.41, 5.74) is 0.458. The van der Waals surface area contributed by atoms with Gasteiger partial charge < -0.3 is 37.0 Å². The van der Waals surface area contributed by atoms with E-state index in [4.69, 9.17) is 5.11 Å². The third kappa shape index (κ3) is 18.4. The standard InChI is InChI=1S/C34H62N6O7/c1-9-14-17-27(31(44)35-13-5)38-32(45)25(12-4)36-21-24(20-22(6)7)37-33(46)26(16-10-2)39-34(47)30(23(8)11-3)40-28(41)18-15-19-29(42)43/h22,24-27,30,36H,8-21H2,1-7H3,(H,35,44)(H,37,46)(H,38,45)(H,39,47)(H,40,41)(H,42,43)/t24-,25-,26-,27-,30-/m0/s1. The molecule has 0 aliphatic rings. The zero-order chi connectivity index (χ0) is 35.9. The number of likely N-dealkylation sites (N-methyl/N-ethyl adjacent to an activating group) is 1. The summed E-state index contributed by atoms with van der Waals surface area (Å²) in [6, 6.07) is -3.49. The van der Waals surface area contributed by atoms with Crippen LogP contribution >= 0.6 is 0 Å². The number of nitrogens with one attached hydrogen (secondary N) is 6. The molecule has 0 saturated heterocycles. The van der Waals surface area contributed by atoms with Crippen molar-refractivity contribution in [2.24, 2.45) is 5.92 Å². The Hall–Kier alpha value is -3.48. The first kappa shape index (κ1) is 43.5. The molecule has 0 aromatic heterocycles. The molecule has 0 bridgehead atoms. The van der Waals surface area contributed by atoms with Crippen molar-refractivity contribution in [1.29, 1.82) is 0 Å². The van der Waals surface area contributed by atoms with Gasteiger partial charge in [0.2, 0.25) is 29.5 Å². The van der Waals surface area contributed by atoms with Gasteiger partial charge in [0.15, 0.2) is 0 Å². The van der Waals surface area contributed by atoms with E-state index in [0.717, 1.165) is 12.8 Å². The predicted molar refractivity (Wildman–Crippen MR) is 183 cm³/mol. The minimum atomic E-state index is -1.07. The molecule has 5 amide bonds. The lowest BCUT2D eigenvalue weighted by Crippen LogP contribution is -2.57. The molecule has 0 aromatic rings. The van der Waals surface area contributed by atoms with Crippen LogP contribution in [0, 0.1) is 5.92 Å². The van der Waals surface area contributed by atoms with Crippen molar-refractivity contribution in [3.63, 3.8) is 0 Å². The highest BCUT2D eigenvalue weighted by atomic mass is 16.4. The number of unbranched alkanes of at least 4 members (excludes halogenated alkanes) is 1. The molecule has 0 unspecified atom stereocenters. The number of hydrogen-bond donors (Lipinski definition) is 7. The van der Waals surface area contributed by atoms with Crippen LogP contribution in [-0.2, 0) is 28.8 Å². The average molecular weight is 667 g/mol. The molecule has 47 heavy (non-hydrogen) atoms. The molecule has 0 saturated carbocycles. The summed E-state index contributed by atoms with van der Waals surface area (Å²) in [6.07, 6.45) is 4.62. The minimum Gasteiger partial charge on any atom is -0.481 e. The zero-order valence-electron chi connectivity index (χ0n) is 29.8. The molecule has 0 fully saturated rings. The SMILES string of the molecule is C=C(CC)[C@H](NC(=O)CCCC(=O)O)C(=O)N[C@@H](CCC)C(=O)N[C@H](CN[C@@H](CC)C(=O)N[C@@H](CCCC)C(=O)NCC)CC(C)C. The summed E-state index contributed by atoms with van der Waals surface area (Å²) < 4.78 is 0. The summed E-state index contributed by atoms with van der Waals surface area (Å²) in [4.78, 5) is 75.9. The summed E-state index contributed by atoms with van der Waals surface area (Å²) in [6.45, 7) is 18.2. The summed E-state index contributed by atoms with van der Waals surface area (Å²) >= 11 is 0. The number of aliphatic carboxylic acids is 1. The van der Waals surface area contributed by atoms with Crippen LogP contribution in [-0.4, -0.2) is 83.9 Å². The fraction of sp³-hybridized carbons (Fsp3) is 0.765. The maximum absolute atomic E-state index is 13.5. The van der Waals surface area contributed by atoms with Crippen LogP contribution in [0.1, 0.15) is 119 Å². The van der Waals surface area contributed by atoms with E-state index in [0.29, 0.717) is 57.2 Å². The number of hydrogen-bond acceptors (Lipinski definition) is 7. The highest BCUT2D eigenvalue weighted by molar-refractivity contribution is 5.94. The van der Waals surface area contributed by atoms with Gasteiger partial charge in [0.05, 0.1) is 6.04 Å². The monoisotopic (exact) mass is 666 g/mol. The molecule has 0 aromatic carbocycles. The number of carbonyl (C=O) groups excluding carboxylic acids is 5. The van der Waals surface area contributed by atoms with Crippen LogP contribution in [0.2, 0.25) is 0 Å². The van der Waals surface area contributed by atoms with Crippen LogP contribution in [0.4, 0.5) is 0 Å². The van der Waals surface area contributed by atoms with E-state index in [9.17, 15) is 28.8 Å². The highest BCUT2D eigenvalue weighted by Gasteiger charge is 2.30. The molecule has 0 heterocycles. The quantitative estimate of drug-likeness (QED) is 0.0685. The Kier molecular flexibility index (Phi) is 22.8. The van der Waals surface area contributed by atoms with Gasteiger partial charge in [-0.1, -0.05) is 67.4 Å². The van der Waals surface area contributed by atoms with Gasteiger partial charge in [0, 0.05) is 32.0 Å². The molecular formula is C34H62N6O7. The maximum atomic E-state index is 13.5. The van der Waals surface area contributed by atoms with Gasteiger partial charge in [-0.25, -0.2) is 0 Å². The average Bonchev–Trinajstić information content (AvgIpc) is 3.00. The summed E-state index contributed by atoms with van der Waals surface area (Å²) in [5.74, 6) is -2.70. The molecule has 0 aliphatic carbocycles. The van der Waals surface area contributed by atoms with E-state index >= 15 is 0 Å². The third-order valence-electron chi connectivity index (χ3n) is 7.70. The largest absolute Gasteiger partial charge is 0.481 e. The highest BCUT2D eigenvalue weighted by Crippen LogP contribution is 2.10. The molecule has 13 heteroatoms. The van der Waals surface area contributed by atoms with Crippen LogP contribution in [0.5, 0.6) is 0 Å². The Morgan fingerprint density at radius 3 is 1.85 bits per heavy atom. The third-order valence-corrected chi connectivity index (χ3v) is 7.70. The van der Waals surface area contributed by atoms with Gasteiger partial charge in [-0.05, 0) is 56.9 Å². The Bertz CT molecular complexity index is 1020. The number of carboxylic acid groups (broad SMARTS) is 1. The fourth-order valence-electron chi connectivity index (χ4n) is 5.02. The van der Waals surface area contributed by atoms with Gasteiger partial charge in [0.1, 0.15) is 18.1 Å². The van der Waals surface area contributed by atoms with E-state index in [1.54, 1.807) is 6.92 Å². The number of rotatable bonds is 26. The van der Waals surface area contributed by atoms with E-state index in [-0.39, 0.29) is 48.9 Å². The molecular weight excluding hydrogens is 604 g/mol. The minimum absolute atomic E-state index is 0.0576. The Morgan fingerprint density at radius 2 is 1.32 bits per heavy atom. The van der Waals surface area contributed by atoms with Gasteiger partial charge in [0.25, 0.3) is 0 Å². The summed E-state index contributed by atoms with van der Waals surface area (Å²) in [7, 11) is 0. The van der Waals surface area contributed by atoms with Crippen LogP contribution in [0.15, 0.2) is 12.2 Å². The van der Waals surface area contributed by atoms with Crippen molar-refractivity contribution in [2.75, 3.05) is 13.1 Å². The van der Waals surface area contributed by atoms with E-state index < -0.39 is 42.0 Å². The van der Waals surface area contributed by atoms with E-state index in [1.807, 2.05) is 41.5 Å². The molecule has 0 radical (unpaired) electrons. The first-order chi connectivity index (χ1) is 22.2. The summed E-state index contributed by atoms with van der Waals surface area (Å²) in [5, 5.41) is 26.2. The molecule has 5 atom stereocenters. The van der Waals surface area contributed by atoms with E-state index in [2.05, 4.69) is 38.5 Å². The molecule has 0 rings (SSSR count). The van der Waals surface area contributed by atoms with Gasteiger partial charge in [-0.3, -0.25) is 28.8 Å². The van der Waals surface area contributed by atoms with Crippen molar-refractivity contribution in [3.8, 4) is 0 Å². The van der Waals surface area contributed by atoms with E-state index in [1.165, 1.54) is 0 Å². The molecule has 270 valence electrons. The Morgan fingerprint density at radius 1 is 0.702 bits per heavy atom. The first-order valence-electron chi connectivity index (χ1n) is 17.3. The van der Waals surface area contributed by atoms with Crippen LogP contribution in [0.25, 0.3) is 0 Å². The first-order valence-corrected chi connectivity index (χ1v) is 17.3. The number of carbonyl (C=O) groups is 6. The maximum Gasteiger partial charge on any atom is 0.303 e. The van der Waals surface area contributed by atoms with Crippen LogP contribution < -0.4 is 31.9 Å². The molecule has 13 nitrogen and oxygen atoms in total. The smallest absolute Gasteiger partial charge is 0.303 e. The second-order valence-electron chi connectivity index (χ2n) is 12.4. The zero-order valence-corrected chi connectivity index (χ0v) is 29.8. The predicted octanol–water partition coefficient (Wildman–Crippen LogP) is 2.69. The second kappa shape index (κ2) is 24.7. The normalized spacial score (nSPS) is 14.2. The lowest BCUT2D eigenvalue weighted by atomic mass is 10.0. The topological polar surface area (TPSA) is 195 Å². The van der Waals surface area contributed by atoms with Crippen molar-refractivity contribution in [3.05, 3.63) is 12.2 Å². The Balaban J connectivity index is 5.63.